The fourth-order valence-corrected chi connectivity index (χ4v) is 8.60. The molecule has 72 heavy (non-hydrogen) atoms. The summed E-state index contributed by atoms with van der Waals surface area (Å²) in [4.78, 5) is 38.1. The number of esters is 3. The summed E-state index contributed by atoms with van der Waals surface area (Å²) in [6.07, 6.45) is 78.9. The molecule has 0 amide bonds. The second kappa shape index (κ2) is 60.1. The highest BCUT2D eigenvalue weighted by molar-refractivity contribution is 5.71. The molecule has 0 rings (SSSR count). The van der Waals surface area contributed by atoms with Crippen LogP contribution in [0.5, 0.6) is 0 Å². The molecule has 0 aliphatic heterocycles. The Bertz CT molecular complexity index is 1380. The van der Waals surface area contributed by atoms with Crippen molar-refractivity contribution in [3.8, 4) is 0 Å². The summed E-state index contributed by atoms with van der Waals surface area (Å²) in [7, 11) is 0. The van der Waals surface area contributed by atoms with Gasteiger partial charge in [-0.15, -0.1) is 0 Å². The highest BCUT2D eigenvalue weighted by Crippen LogP contribution is 2.17. The topological polar surface area (TPSA) is 78.9 Å². The molecule has 0 fully saturated rings. The standard InChI is InChI=1S/C66H114O6/c1-4-7-10-13-16-19-21-23-25-27-29-31-32-33-34-36-37-39-41-43-45-47-50-53-56-59-65(68)71-62-63(61-70-64(67)58-55-52-49-18-15-12-9-6-3)72-66(69)60-57-54-51-48-46-44-42-40-38-35-30-28-26-24-22-20-17-14-11-8-5-2/h7,10,16,19,23,25,29,31,33-34,37,39,43,45,63H,4-6,8-9,11-15,17-18,20-22,24,26-28,30,32,35-36,38,40-42,44,46-62H2,1-3H3/b10-7-,19-16-,25-23-,31-29-,34-33-,39-37-,45-43-. The third kappa shape index (κ3) is 57.5. The average Bonchev–Trinajstić information content (AvgIpc) is 3.38. The van der Waals surface area contributed by atoms with Gasteiger partial charge in [-0.05, 0) is 77.0 Å². The lowest BCUT2D eigenvalue weighted by molar-refractivity contribution is -0.167. The van der Waals surface area contributed by atoms with Gasteiger partial charge < -0.3 is 14.2 Å². The summed E-state index contributed by atoms with van der Waals surface area (Å²) < 4.78 is 16.8. The van der Waals surface area contributed by atoms with Crippen LogP contribution in [0.4, 0.5) is 0 Å². The molecule has 0 radical (unpaired) electrons. The molecule has 0 N–H and O–H groups in total. The van der Waals surface area contributed by atoms with E-state index in [0.717, 1.165) is 109 Å². The number of carbonyl (C=O) groups is 3. The molecule has 0 aliphatic rings. The molecule has 1 unspecified atom stereocenters. The summed E-state index contributed by atoms with van der Waals surface area (Å²) in [5, 5.41) is 0. The minimum absolute atomic E-state index is 0.0842. The summed E-state index contributed by atoms with van der Waals surface area (Å²) in [5.74, 6) is -0.912. The van der Waals surface area contributed by atoms with Crippen molar-refractivity contribution in [2.75, 3.05) is 13.2 Å². The lowest BCUT2D eigenvalue weighted by Gasteiger charge is -2.18. The first-order valence-electron chi connectivity index (χ1n) is 30.6. The molecular formula is C66H114O6. The zero-order valence-corrected chi connectivity index (χ0v) is 47.4. The first-order valence-corrected chi connectivity index (χ1v) is 30.6. The Labute approximate surface area is 445 Å². The molecule has 0 aliphatic carbocycles. The normalized spacial score (nSPS) is 12.7. The highest BCUT2D eigenvalue weighted by Gasteiger charge is 2.19. The van der Waals surface area contributed by atoms with Crippen LogP contribution in [0, 0.1) is 0 Å². The summed E-state index contributed by atoms with van der Waals surface area (Å²) in [5.41, 5.74) is 0. The van der Waals surface area contributed by atoms with Gasteiger partial charge in [-0.1, -0.05) is 286 Å². The molecule has 0 bridgehead atoms. The number of hydrogen-bond acceptors (Lipinski definition) is 6. The molecule has 0 spiro atoms. The van der Waals surface area contributed by atoms with E-state index in [1.165, 1.54) is 148 Å². The maximum atomic E-state index is 12.9. The van der Waals surface area contributed by atoms with Crippen LogP contribution < -0.4 is 0 Å². The minimum Gasteiger partial charge on any atom is -0.462 e. The zero-order valence-electron chi connectivity index (χ0n) is 47.4. The molecule has 0 saturated heterocycles. The van der Waals surface area contributed by atoms with Crippen molar-refractivity contribution in [3.05, 3.63) is 85.1 Å². The molecule has 6 nitrogen and oxygen atoms in total. The smallest absolute Gasteiger partial charge is 0.306 e. The quantitative estimate of drug-likeness (QED) is 0.0261. The fraction of sp³-hybridized carbons (Fsp3) is 0.742. The van der Waals surface area contributed by atoms with Gasteiger partial charge in [0.25, 0.3) is 0 Å². The zero-order chi connectivity index (χ0) is 52.2. The van der Waals surface area contributed by atoms with Gasteiger partial charge in [0.2, 0.25) is 0 Å². The van der Waals surface area contributed by atoms with E-state index < -0.39 is 6.10 Å². The fourth-order valence-electron chi connectivity index (χ4n) is 8.60. The molecule has 0 heterocycles. The van der Waals surface area contributed by atoms with E-state index in [4.69, 9.17) is 14.2 Å². The third-order valence-electron chi connectivity index (χ3n) is 13.2. The van der Waals surface area contributed by atoms with Crippen molar-refractivity contribution < 1.29 is 28.6 Å². The van der Waals surface area contributed by atoms with Gasteiger partial charge in [-0.3, -0.25) is 14.4 Å². The van der Waals surface area contributed by atoms with Gasteiger partial charge in [0.05, 0.1) is 0 Å². The van der Waals surface area contributed by atoms with Crippen LogP contribution in [0.1, 0.15) is 297 Å². The van der Waals surface area contributed by atoms with E-state index in [-0.39, 0.29) is 31.1 Å². The van der Waals surface area contributed by atoms with Crippen LogP contribution in [0.25, 0.3) is 0 Å². The van der Waals surface area contributed by atoms with E-state index >= 15 is 0 Å². The summed E-state index contributed by atoms with van der Waals surface area (Å²) >= 11 is 0. The molecular weight excluding hydrogens is 889 g/mol. The van der Waals surface area contributed by atoms with Crippen molar-refractivity contribution in [1.82, 2.24) is 0 Å². The SMILES string of the molecule is CC/C=C\C/C=C\C/C=C\C/C=C\C/C=C\C/C=C\C/C=C\CCCCCC(=O)OCC(COC(=O)CCCCCCCCCC)OC(=O)CCCCCCCCCCCCCCCCCCCCCCC. The lowest BCUT2D eigenvalue weighted by Crippen LogP contribution is -2.30. The minimum atomic E-state index is -0.787. The van der Waals surface area contributed by atoms with Crippen LogP contribution in [-0.4, -0.2) is 37.2 Å². The maximum absolute atomic E-state index is 12.9. The Morgan fingerprint density at radius 3 is 0.847 bits per heavy atom. The predicted octanol–water partition coefficient (Wildman–Crippen LogP) is 20.7. The monoisotopic (exact) mass is 1000 g/mol. The van der Waals surface area contributed by atoms with Crippen LogP contribution in [0.2, 0.25) is 0 Å². The average molecular weight is 1000 g/mol. The van der Waals surface area contributed by atoms with Gasteiger partial charge in [0.1, 0.15) is 13.2 Å². The van der Waals surface area contributed by atoms with Crippen molar-refractivity contribution in [2.45, 2.75) is 303 Å². The molecule has 1 atom stereocenters. The molecule has 0 aromatic carbocycles. The van der Waals surface area contributed by atoms with Crippen LogP contribution in [-0.2, 0) is 28.6 Å². The molecule has 6 heteroatoms. The highest BCUT2D eigenvalue weighted by atomic mass is 16.6. The van der Waals surface area contributed by atoms with E-state index in [2.05, 4.69) is 106 Å². The summed E-state index contributed by atoms with van der Waals surface area (Å²) in [6, 6.07) is 0. The van der Waals surface area contributed by atoms with E-state index in [1.54, 1.807) is 0 Å². The van der Waals surface area contributed by atoms with Gasteiger partial charge in [0, 0.05) is 19.3 Å². The van der Waals surface area contributed by atoms with Gasteiger partial charge in [0.15, 0.2) is 6.10 Å². The first-order chi connectivity index (χ1) is 35.5. The molecule has 0 aromatic heterocycles. The predicted molar refractivity (Wildman–Crippen MR) is 311 cm³/mol. The van der Waals surface area contributed by atoms with Gasteiger partial charge >= 0.3 is 17.9 Å². The van der Waals surface area contributed by atoms with E-state index in [9.17, 15) is 14.4 Å². The Kier molecular flexibility index (Phi) is 57.3. The third-order valence-corrected chi connectivity index (χ3v) is 13.2. The van der Waals surface area contributed by atoms with Gasteiger partial charge in [-0.2, -0.15) is 0 Å². The Hall–Kier alpha value is -3.41. The van der Waals surface area contributed by atoms with E-state index in [1.807, 2.05) is 0 Å². The number of carbonyl (C=O) groups excluding carboxylic acids is 3. The summed E-state index contributed by atoms with van der Waals surface area (Å²) in [6.45, 7) is 6.50. The van der Waals surface area contributed by atoms with Crippen molar-refractivity contribution in [1.29, 1.82) is 0 Å². The molecule has 0 saturated carbocycles. The van der Waals surface area contributed by atoms with Gasteiger partial charge in [-0.25, -0.2) is 0 Å². The number of ether oxygens (including phenoxy) is 3. The second-order valence-electron chi connectivity index (χ2n) is 20.2. The number of unbranched alkanes of at least 4 members (excludes halogenated alkanes) is 30. The first kappa shape index (κ1) is 68.6. The van der Waals surface area contributed by atoms with Crippen molar-refractivity contribution in [3.63, 3.8) is 0 Å². The van der Waals surface area contributed by atoms with Crippen LogP contribution >= 0.6 is 0 Å². The Morgan fingerprint density at radius 1 is 0.292 bits per heavy atom. The maximum Gasteiger partial charge on any atom is 0.306 e. The number of hydrogen-bond donors (Lipinski definition) is 0. The van der Waals surface area contributed by atoms with Crippen LogP contribution in [0.15, 0.2) is 85.1 Å². The van der Waals surface area contributed by atoms with Crippen molar-refractivity contribution >= 4 is 17.9 Å². The lowest BCUT2D eigenvalue weighted by atomic mass is 10.0. The molecule has 0 aromatic rings. The number of rotatable bonds is 55. The van der Waals surface area contributed by atoms with E-state index in [0.29, 0.717) is 19.3 Å². The second-order valence-corrected chi connectivity index (χ2v) is 20.2. The molecule has 414 valence electrons. The van der Waals surface area contributed by atoms with Crippen molar-refractivity contribution in [2.24, 2.45) is 0 Å². The Balaban J connectivity index is 4.27. The largest absolute Gasteiger partial charge is 0.462 e. The number of allylic oxidation sites excluding steroid dienone is 14. The van der Waals surface area contributed by atoms with Crippen LogP contribution in [0.3, 0.4) is 0 Å². The Morgan fingerprint density at radius 2 is 0.542 bits per heavy atom.